The van der Waals surface area contributed by atoms with Crippen molar-refractivity contribution in [1.29, 1.82) is 0 Å². The molecule has 0 saturated heterocycles. The van der Waals surface area contributed by atoms with E-state index in [-0.39, 0.29) is 11.2 Å². The van der Waals surface area contributed by atoms with Crippen molar-refractivity contribution in [2.45, 2.75) is 32.1 Å². The zero-order valence-corrected chi connectivity index (χ0v) is 10.1. The lowest BCUT2D eigenvalue weighted by molar-refractivity contribution is 0.130. The Morgan fingerprint density at radius 2 is 2.19 bits per heavy atom. The van der Waals surface area contributed by atoms with Gasteiger partial charge in [0.05, 0.1) is 0 Å². The standard InChI is InChI=1S/C14H20FN/c1-3-16-10-14(9-8-11(14)2)12-6-4-5-7-13(12)15/h4-7,11,16H,3,8-10H2,1-2H3. The molecule has 0 aliphatic heterocycles. The number of halogens is 1. The third-order valence-corrected chi connectivity index (χ3v) is 4.07. The first-order chi connectivity index (χ1) is 7.70. The lowest BCUT2D eigenvalue weighted by atomic mass is 9.57. The summed E-state index contributed by atoms with van der Waals surface area (Å²) in [5, 5.41) is 3.38. The predicted molar refractivity (Wildman–Crippen MR) is 65.0 cm³/mol. The lowest BCUT2D eigenvalue weighted by Gasteiger charge is -2.49. The highest BCUT2D eigenvalue weighted by Gasteiger charge is 2.46. The summed E-state index contributed by atoms with van der Waals surface area (Å²) >= 11 is 0. The van der Waals surface area contributed by atoms with E-state index in [0.29, 0.717) is 5.92 Å². The Hall–Kier alpha value is -0.890. The average Bonchev–Trinajstić information content (AvgIpc) is 2.30. The number of hydrogen-bond donors (Lipinski definition) is 1. The van der Waals surface area contributed by atoms with Gasteiger partial charge >= 0.3 is 0 Å². The van der Waals surface area contributed by atoms with Gasteiger partial charge in [-0.1, -0.05) is 32.0 Å². The zero-order chi connectivity index (χ0) is 11.6. The summed E-state index contributed by atoms with van der Waals surface area (Å²) in [5.74, 6) is 0.524. The molecule has 2 rings (SSSR count). The molecule has 1 saturated carbocycles. The van der Waals surface area contributed by atoms with Crippen LogP contribution in [0.25, 0.3) is 0 Å². The molecule has 1 N–H and O–H groups in total. The van der Waals surface area contributed by atoms with E-state index in [4.69, 9.17) is 0 Å². The van der Waals surface area contributed by atoms with Gasteiger partial charge in [-0.05, 0) is 36.9 Å². The molecule has 0 amide bonds. The largest absolute Gasteiger partial charge is 0.316 e. The van der Waals surface area contributed by atoms with Crippen LogP contribution in [0.3, 0.4) is 0 Å². The number of hydrogen-bond acceptors (Lipinski definition) is 1. The Bertz CT molecular complexity index is 364. The Balaban J connectivity index is 2.29. The summed E-state index contributed by atoms with van der Waals surface area (Å²) in [5.41, 5.74) is 0.927. The van der Waals surface area contributed by atoms with Gasteiger partial charge < -0.3 is 5.32 Å². The Morgan fingerprint density at radius 3 is 2.69 bits per heavy atom. The van der Waals surface area contributed by atoms with Crippen molar-refractivity contribution in [3.8, 4) is 0 Å². The van der Waals surface area contributed by atoms with Crippen molar-refractivity contribution in [3.05, 3.63) is 35.6 Å². The van der Waals surface area contributed by atoms with E-state index in [1.54, 1.807) is 12.1 Å². The molecule has 1 aromatic rings. The fraction of sp³-hybridized carbons (Fsp3) is 0.571. The van der Waals surface area contributed by atoms with E-state index in [1.165, 1.54) is 6.42 Å². The van der Waals surface area contributed by atoms with E-state index < -0.39 is 0 Å². The van der Waals surface area contributed by atoms with Gasteiger partial charge in [0.2, 0.25) is 0 Å². The van der Waals surface area contributed by atoms with Crippen molar-refractivity contribution in [2.75, 3.05) is 13.1 Å². The van der Waals surface area contributed by atoms with Crippen LogP contribution in [0.15, 0.2) is 24.3 Å². The third kappa shape index (κ3) is 1.75. The Kier molecular flexibility index (Phi) is 3.29. The van der Waals surface area contributed by atoms with E-state index in [0.717, 1.165) is 25.1 Å². The first-order valence-electron chi connectivity index (χ1n) is 6.16. The normalized spacial score (nSPS) is 28.8. The number of rotatable bonds is 4. The Morgan fingerprint density at radius 1 is 1.44 bits per heavy atom. The van der Waals surface area contributed by atoms with Crippen LogP contribution < -0.4 is 5.32 Å². The van der Waals surface area contributed by atoms with E-state index in [2.05, 4.69) is 19.2 Å². The molecular formula is C14H20FN. The monoisotopic (exact) mass is 221 g/mol. The van der Waals surface area contributed by atoms with Gasteiger partial charge in [0.15, 0.2) is 0 Å². The average molecular weight is 221 g/mol. The highest BCUT2D eigenvalue weighted by Crippen LogP contribution is 2.48. The maximum Gasteiger partial charge on any atom is 0.127 e. The van der Waals surface area contributed by atoms with Crippen LogP contribution in [0.1, 0.15) is 32.3 Å². The minimum atomic E-state index is -0.0491. The zero-order valence-electron chi connectivity index (χ0n) is 10.1. The van der Waals surface area contributed by atoms with E-state index in [1.807, 2.05) is 12.1 Å². The first kappa shape index (κ1) is 11.6. The molecule has 88 valence electrons. The molecule has 1 aliphatic rings. The highest BCUT2D eigenvalue weighted by atomic mass is 19.1. The number of likely N-dealkylation sites (N-methyl/N-ethyl adjacent to an activating group) is 1. The van der Waals surface area contributed by atoms with Crippen LogP contribution in [-0.2, 0) is 5.41 Å². The molecule has 0 radical (unpaired) electrons. The Labute approximate surface area is 97.1 Å². The molecule has 1 nitrogen and oxygen atoms in total. The van der Waals surface area contributed by atoms with Crippen molar-refractivity contribution < 1.29 is 4.39 Å². The van der Waals surface area contributed by atoms with Crippen molar-refractivity contribution in [1.82, 2.24) is 5.32 Å². The fourth-order valence-electron chi connectivity index (χ4n) is 2.75. The summed E-state index contributed by atoms with van der Waals surface area (Å²) in [6, 6.07) is 7.23. The summed E-state index contributed by atoms with van der Waals surface area (Å²) in [4.78, 5) is 0. The van der Waals surface area contributed by atoms with Crippen molar-refractivity contribution in [2.24, 2.45) is 5.92 Å². The first-order valence-corrected chi connectivity index (χ1v) is 6.16. The maximum absolute atomic E-state index is 13.9. The molecule has 0 bridgehead atoms. The van der Waals surface area contributed by atoms with Crippen molar-refractivity contribution in [3.63, 3.8) is 0 Å². The summed E-state index contributed by atoms with van der Waals surface area (Å²) < 4.78 is 13.9. The minimum Gasteiger partial charge on any atom is -0.316 e. The van der Waals surface area contributed by atoms with Crippen LogP contribution in [0.2, 0.25) is 0 Å². The van der Waals surface area contributed by atoms with Crippen LogP contribution in [0, 0.1) is 11.7 Å². The summed E-state index contributed by atoms with van der Waals surface area (Å²) in [6.07, 6.45) is 2.31. The van der Waals surface area contributed by atoms with Gasteiger partial charge in [-0.15, -0.1) is 0 Å². The SMILES string of the molecule is CCNCC1(c2ccccc2F)CCC1C. The van der Waals surface area contributed by atoms with Gasteiger partial charge in [0, 0.05) is 12.0 Å². The van der Waals surface area contributed by atoms with E-state index in [9.17, 15) is 4.39 Å². The number of nitrogens with one attached hydrogen (secondary N) is 1. The van der Waals surface area contributed by atoms with Crippen LogP contribution in [0.4, 0.5) is 4.39 Å². The second-order valence-corrected chi connectivity index (χ2v) is 4.86. The molecule has 1 aliphatic carbocycles. The van der Waals surface area contributed by atoms with Gasteiger partial charge in [-0.25, -0.2) is 4.39 Å². The maximum atomic E-state index is 13.9. The fourth-order valence-corrected chi connectivity index (χ4v) is 2.75. The topological polar surface area (TPSA) is 12.0 Å². The van der Waals surface area contributed by atoms with E-state index >= 15 is 0 Å². The quantitative estimate of drug-likeness (QED) is 0.823. The highest BCUT2D eigenvalue weighted by molar-refractivity contribution is 5.31. The molecule has 2 atom stereocenters. The smallest absolute Gasteiger partial charge is 0.127 e. The summed E-state index contributed by atoms with van der Waals surface area (Å²) in [6.45, 7) is 6.17. The molecule has 2 heteroatoms. The molecule has 1 fully saturated rings. The second-order valence-electron chi connectivity index (χ2n) is 4.86. The number of benzene rings is 1. The molecule has 0 spiro atoms. The van der Waals surface area contributed by atoms with Crippen LogP contribution in [-0.4, -0.2) is 13.1 Å². The molecule has 0 aromatic heterocycles. The molecular weight excluding hydrogens is 201 g/mol. The summed E-state index contributed by atoms with van der Waals surface area (Å²) in [7, 11) is 0. The van der Waals surface area contributed by atoms with Crippen LogP contribution in [0.5, 0.6) is 0 Å². The third-order valence-electron chi connectivity index (χ3n) is 4.07. The molecule has 1 aromatic carbocycles. The predicted octanol–water partition coefficient (Wildman–Crippen LogP) is 3.10. The molecule has 16 heavy (non-hydrogen) atoms. The molecule has 2 unspecified atom stereocenters. The molecule has 0 heterocycles. The minimum absolute atomic E-state index is 0.0291. The van der Waals surface area contributed by atoms with Crippen molar-refractivity contribution >= 4 is 0 Å². The van der Waals surface area contributed by atoms with Gasteiger partial charge in [0.25, 0.3) is 0 Å². The lowest BCUT2D eigenvalue weighted by Crippen LogP contribution is -2.50. The van der Waals surface area contributed by atoms with Gasteiger partial charge in [-0.2, -0.15) is 0 Å². The second kappa shape index (κ2) is 4.54. The van der Waals surface area contributed by atoms with Gasteiger partial charge in [-0.3, -0.25) is 0 Å². The van der Waals surface area contributed by atoms with Gasteiger partial charge in [0.1, 0.15) is 5.82 Å². The van der Waals surface area contributed by atoms with Crippen LogP contribution >= 0.6 is 0 Å².